The molecule has 1 aliphatic carbocycles. The Bertz CT molecular complexity index is 205. The van der Waals surface area contributed by atoms with E-state index in [2.05, 4.69) is 18.7 Å². The van der Waals surface area contributed by atoms with Crippen LogP contribution in [0.15, 0.2) is 0 Å². The molecule has 1 aliphatic heterocycles. The van der Waals surface area contributed by atoms with Gasteiger partial charge < -0.3 is 5.73 Å². The van der Waals surface area contributed by atoms with Crippen molar-refractivity contribution in [3.05, 3.63) is 0 Å². The summed E-state index contributed by atoms with van der Waals surface area (Å²) in [5, 5.41) is 0. The first-order chi connectivity index (χ1) is 7.20. The van der Waals surface area contributed by atoms with Crippen molar-refractivity contribution >= 4 is 0 Å². The summed E-state index contributed by atoms with van der Waals surface area (Å²) in [4.78, 5) is 2.67. The van der Waals surface area contributed by atoms with E-state index in [0.717, 1.165) is 24.4 Å². The van der Waals surface area contributed by atoms with Gasteiger partial charge in [-0.2, -0.15) is 0 Å². The number of nitrogens with two attached hydrogens (primary N) is 1. The Labute approximate surface area is 94.2 Å². The van der Waals surface area contributed by atoms with Gasteiger partial charge in [0, 0.05) is 18.6 Å². The predicted octanol–water partition coefficient (Wildman–Crippen LogP) is 2.23. The topological polar surface area (TPSA) is 29.3 Å². The summed E-state index contributed by atoms with van der Waals surface area (Å²) in [7, 11) is 0. The standard InChI is InChI=1S/C13H26N2/c1-3-11-4-5-12(8-11)15-7-6-10(2)13(14)9-15/h10-13H,3-9,14H2,1-2H3. The van der Waals surface area contributed by atoms with Gasteiger partial charge in [-0.05, 0) is 44.1 Å². The molecular weight excluding hydrogens is 184 g/mol. The van der Waals surface area contributed by atoms with Crippen LogP contribution in [0.3, 0.4) is 0 Å². The zero-order chi connectivity index (χ0) is 10.8. The van der Waals surface area contributed by atoms with Crippen LogP contribution in [0.4, 0.5) is 0 Å². The molecule has 2 aliphatic rings. The molecule has 4 atom stereocenters. The molecule has 0 amide bonds. The molecule has 4 unspecified atom stereocenters. The van der Waals surface area contributed by atoms with Crippen molar-refractivity contribution in [1.82, 2.24) is 4.90 Å². The highest BCUT2D eigenvalue weighted by Gasteiger charge is 2.32. The van der Waals surface area contributed by atoms with Gasteiger partial charge in [-0.3, -0.25) is 4.90 Å². The van der Waals surface area contributed by atoms with Crippen molar-refractivity contribution < 1.29 is 0 Å². The molecule has 1 saturated carbocycles. The third-order valence-corrected chi connectivity index (χ3v) is 4.66. The second kappa shape index (κ2) is 4.84. The van der Waals surface area contributed by atoms with Crippen LogP contribution in [-0.2, 0) is 0 Å². The zero-order valence-electron chi connectivity index (χ0n) is 10.3. The molecule has 1 saturated heterocycles. The Morgan fingerprint density at radius 2 is 2.07 bits per heavy atom. The van der Waals surface area contributed by atoms with E-state index < -0.39 is 0 Å². The van der Waals surface area contributed by atoms with Crippen molar-refractivity contribution in [2.75, 3.05) is 13.1 Å². The van der Waals surface area contributed by atoms with Crippen molar-refractivity contribution in [2.45, 2.75) is 58.0 Å². The average Bonchev–Trinajstić information content (AvgIpc) is 2.70. The highest BCUT2D eigenvalue weighted by Crippen LogP contribution is 2.33. The van der Waals surface area contributed by atoms with Crippen LogP contribution < -0.4 is 5.73 Å². The van der Waals surface area contributed by atoms with Gasteiger partial charge in [-0.1, -0.05) is 20.3 Å². The maximum Gasteiger partial charge on any atom is 0.0194 e. The van der Waals surface area contributed by atoms with Gasteiger partial charge in [0.15, 0.2) is 0 Å². The Morgan fingerprint density at radius 1 is 1.27 bits per heavy atom. The van der Waals surface area contributed by atoms with Crippen molar-refractivity contribution in [1.29, 1.82) is 0 Å². The van der Waals surface area contributed by atoms with E-state index in [9.17, 15) is 0 Å². The van der Waals surface area contributed by atoms with Gasteiger partial charge in [0.05, 0.1) is 0 Å². The molecule has 15 heavy (non-hydrogen) atoms. The van der Waals surface area contributed by atoms with E-state index in [1.807, 2.05) is 0 Å². The summed E-state index contributed by atoms with van der Waals surface area (Å²) < 4.78 is 0. The van der Waals surface area contributed by atoms with Crippen LogP contribution in [0.1, 0.15) is 46.0 Å². The zero-order valence-corrected chi connectivity index (χ0v) is 10.3. The molecule has 0 aromatic carbocycles. The summed E-state index contributed by atoms with van der Waals surface area (Å²) in [5.74, 6) is 1.72. The van der Waals surface area contributed by atoms with Crippen molar-refractivity contribution in [3.63, 3.8) is 0 Å². The van der Waals surface area contributed by atoms with E-state index >= 15 is 0 Å². The Kier molecular flexibility index (Phi) is 3.68. The van der Waals surface area contributed by atoms with E-state index in [-0.39, 0.29) is 0 Å². The SMILES string of the molecule is CCC1CCC(N2CCC(C)C(N)C2)C1. The van der Waals surface area contributed by atoms with Gasteiger partial charge in [0.1, 0.15) is 0 Å². The number of rotatable bonds is 2. The van der Waals surface area contributed by atoms with Gasteiger partial charge >= 0.3 is 0 Å². The fourth-order valence-corrected chi connectivity index (χ4v) is 3.21. The molecule has 0 aromatic rings. The van der Waals surface area contributed by atoms with Crippen LogP contribution in [0.2, 0.25) is 0 Å². The Balaban J connectivity index is 1.84. The van der Waals surface area contributed by atoms with Crippen molar-refractivity contribution in [2.24, 2.45) is 17.6 Å². The molecule has 1 heterocycles. The molecular formula is C13H26N2. The number of hydrogen-bond donors (Lipinski definition) is 1. The average molecular weight is 210 g/mol. The molecule has 88 valence electrons. The number of hydrogen-bond acceptors (Lipinski definition) is 2. The largest absolute Gasteiger partial charge is 0.326 e. The molecule has 2 N–H and O–H groups in total. The summed E-state index contributed by atoms with van der Waals surface area (Å²) in [6.07, 6.45) is 6.96. The molecule has 2 fully saturated rings. The lowest BCUT2D eigenvalue weighted by atomic mass is 9.93. The number of piperidine rings is 1. The highest BCUT2D eigenvalue weighted by atomic mass is 15.2. The molecule has 0 bridgehead atoms. The molecule has 2 heteroatoms. The van der Waals surface area contributed by atoms with E-state index in [1.54, 1.807) is 0 Å². The minimum atomic E-state index is 0.416. The second-order valence-electron chi connectivity index (χ2n) is 5.67. The van der Waals surface area contributed by atoms with Gasteiger partial charge in [-0.15, -0.1) is 0 Å². The van der Waals surface area contributed by atoms with Gasteiger partial charge in [0.2, 0.25) is 0 Å². The fraction of sp³-hybridized carbons (Fsp3) is 1.00. The quantitative estimate of drug-likeness (QED) is 0.757. The molecule has 0 spiro atoms. The molecule has 2 nitrogen and oxygen atoms in total. The van der Waals surface area contributed by atoms with Gasteiger partial charge in [-0.25, -0.2) is 0 Å². The van der Waals surface area contributed by atoms with E-state index in [0.29, 0.717) is 6.04 Å². The maximum absolute atomic E-state index is 6.16. The lowest BCUT2D eigenvalue weighted by Crippen LogP contribution is -2.50. The lowest BCUT2D eigenvalue weighted by Gasteiger charge is -2.38. The van der Waals surface area contributed by atoms with Crippen LogP contribution in [0.5, 0.6) is 0 Å². The van der Waals surface area contributed by atoms with Crippen molar-refractivity contribution in [3.8, 4) is 0 Å². The van der Waals surface area contributed by atoms with Gasteiger partial charge in [0.25, 0.3) is 0 Å². The first-order valence-electron chi connectivity index (χ1n) is 6.70. The predicted molar refractivity (Wildman–Crippen MR) is 64.7 cm³/mol. The third-order valence-electron chi connectivity index (χ3n) is 4.66. The Morgan fingerprint density at radius 3 is 2.67 bits per heavy atom. The Hall–Kier alpha value is -0.0800. The number of likely N-dealkylation sites (tertiary alicyclic amines) is 1. The van der Waals surface area contributed by atoms with Crippen LogP contribution in [-0.4, -0.2) is 30.1 Å². The maximum atomic E-state index is 6.16. The van der Waals surface area contributed by atoms with Crippen LogP contribution in [0, 0.1) is 11.8 Å². The monoisotopic (exact) mass is 210 g/mol. The molecule has 0 radical (unpaired) electrons. The summed E-state index contributed by atoms with van der Waals surface area (Å²) in [6.45, 7) is 7.06. The summed E-state index contributed by atoms with van der Waals surface area (Å²) in [5.41, 5.74) is 6.16. The number of nitrogens with zero attached hydrogens (tertiary/aromatic N) is 1. The van der Waals surface area contributed by atoms with Crippen LogP contribution in [0.25, 0.3) is 0 Å². The summed E-state index contributed by atoms with van der Waals surface area (Å²) in [6, 6.07) is 1.27. The molecule has 0 aromatic heterocycles. The highest BCUT2D eigenvalue weighted by molar-refractivity contribution is 4.88. The fourth-order valence-electron chi connectivity index (χ4n) is 3.21. The molecule has 2 rings (SSSR count). The lowest BCUT2D eigenvalue weighted by molar-refractivity contribution is 0.120. The first-order valence-corrected chi connectivity index (χ1v) is 6.70. The third kappa shape index (κ3) is 2.54. The first kappa shape index (κ1) is 11.4. The minimum Gasteiger partial charge on any atom is -0.326 e. The van der Waals surface area contributed by atoms with E-state index in [4.69, 9.17) is 5.73 Å². The van der Waals surface area contributed by atoms with Crippen LogP contribution >= 0.6 is 0 Å². The summed E-state index contributed by atoms with van der Waals surface area (Å²) >= 11 is 0. The minimum absolute atomic E-state index is 0.416. The van der Waals surface area contributed by atoms with E-state index in [1.165, 1.54) is 38.6 Å². The smallest absolute Gasteiger partial charge is 0.0194 e. The second-order valence-corrected chi connectivity index (χ2v) is 5.67. The normalized spacial score (nSPS) is 43.4.